The van der Waals surface area contributed by atoms with Gasteiger partial charge in [0, 0.05) is 28.4 Å². The normalized spacial score (nSPS) is 11.0. The fraction of sp³-hybridized carbons (Fsp3) is 0.200. The van der Waals surface area contributed by atoms with Crippen molar-refractivity contribution in [1.82, 2.24) is 0 Å². The smallest absolute Gasteiger partial charge is 0.359 e. The number of carbonyl (C=O) groups is 1. The molecule has 0 radical (unpaired) electrons. The number of hydrogen-bond donors (Lipinski definition) is 3. The summed E-state index contributed by atoms with van der Waals surface area (Å²) in [5.41, 5.74) is 3.44. The molecule has 3 aromatic rings. The molecule has 0 aliphatic rings. The number of anilines is 4. The minimum atomic E-state index is -4.37. The first kappa shape index (κ1) is 31.5. The molecule has 3 rings (SSSR count). The molecule has 3 N–H and O–H groups in total. The zero-order valence-electron chi connectivity index (χ0n) is 21.9. The summed E-state index contributed by atoms with van der Waals surface area (Å²) < 4.78 is 38.2. The highest BCUT2D eigenvalue weighted by Gasteiger charge is 2.31. The Kier molecular flexibility index (Phi) is 14.1. The summed E-state index contributed by atoms with van der Waals surface area (Å²) in [6.45, 7) is 7.20. The van der Waals surface area contributed by atoms with Gasteiger partial charge in [0.25, 0.3) is 0 Å². The number of allylic oxidation sites excluding steroid dienone is 4. The average molecular weight is 523 g/mol. The Morgan fingerprint density at radius 1 is 0.895 bits per heavy atom. The number of para-hydroxylation sites is 1. The van der Waals surface area contributed by atoms with E-state index in [2.05, 4.69) is 16.0 Å². The lowest BCUT2D eigenvalue weighted by molar-refractivity contribution is -0.105. The van der Waals surface area contributed by atoms with E-state index in [4.69, 9.17) is 5.26 Å². The van der Waals surface area contributed by atoms with E-state index in [1.54, 1.807) is 38.1 Å². The van der Waals surface area contributed by atoms with E-state index in [1.807, 2.05) is 74.5 Å². The monoisotopic (exact) mass is 522 g/mol. The number of hydrogen-bond acceptors (Lipinski definition) is 4. The van der Waals surface area contributed by atoms with Crippen LogP contribution in [-0.4, -0.2) is 12.6 Å². The van der Waals surface area contributed by atoms with Crippen LogP contribution in [0.15, 0.2) is 102 Å². The van der Waals surface area contributed by atoms with E-state index in [0.717, 1.165) is 29.2 Å². The molecule has 0 saturated carbocycles. The minimum Gasteiger partial charge on any atom is -0.359 e. The molecule has 8 heteroatoms. The molecule has 5 nitrogen and oxygen atoms in total. The largest absolute Gasteiger partial charge is 0.416 e. The molecule has 0 aliphatic carbocycles. The van der Waals surface area contributed by atoms with Gasteiger partial charge >= 0.3 is 6.18 Å². The SMILES string of the molecule is CC.CC/C=C(/C=C(/C)Nc1cccc(C#N)c1)C(F)(F)F.O=CNc1cccc(Nc2ccccc2)c1. The van der Waals surface area contributed by atoms with Gasteiger partial charge in [-0.15, -0.1) is 0 Å². The van der Waals surface area contributed by atoms with Crippen molar-refractivity contribution in [3.8, 4) is 6.07 Å². The predicted octanol–water partition coefficient (Wildman–Crippen LogP) is 8.80. The van der Waals surface area contributed by atoms with Crippen LogP contribution in [0.3, 0.4) is 0 Å². The fourth-order valence-electron chi connectivity index (χ4n) is 3.08. The summed E-state index contributed by atoms with van der Waals surface area (Å²) in [5, 5.41) is 17.5. The second-order valence-electron chi connectivity index (χ2n) is 7.54. The lowest BCUT2D eigenvalue weighted by Crippen LogP contribution is -2.11. The van der Waals surface area contributed by atoms with E-state index >= 15 is 0 Å². The van der Waals surface area contributed by atoms with Gasteiger partial charge in [0.15, 0.2) is 0 Å². The third-order valence-corrected chi connectivity index (χ3v) is 4.61. The molecular weight excluding hydrogens is 489 g/mol. The Hall–Kier alpha value is -4.51. The number of amides is 1. The molecule has 200 valence electrons. The van der Waals surface area contributed by atoms with Crippen LogP contribution >= 0.6 is 0 Å². The molecule has 0 atom stereocenters. The number of nitrogens with one attached hydrogen (secondary N) is 3. The van der Waals surface area contributed by atoms with Gasteiger partial charge in [-0.05, 0) is 68.0 Å². The van der Waals surface area contributed by atoms with Crippen LogP contribution in [0.25, 0.3) is 0 Å². The topological polar surface area (TPSA) is 77.0 Å². The molecule has 0 heterocycles. The van der Waals surface area contributed by atoms with Crippen molar-refractivity contribution in [3.63, 3.8) is 0 Å². The zero-order chi connectivity index (χ0) is 28.4. The maximum Gasteiger partial charge on any atom is 0.416 e. The number of nitriles is 1. The molecule has 0 unspecified atom stereocenters. The maximum absolute atomic E-state index is 12.7. The van der Waals surface area contributed by atoms with Crippen molar-refractivity contribution in [2.75, 3.05) is 16.0 Å². The van der Waals surface area contributed by atoms with E-state index in [1.165, 1.54) is 0 Å². The summed E-state index contributed by atoms with van der Waals surface area (Å²) in [6, 6.07) is 26.0. The molecule has 0 saturated heterocycles. The van der Waals surface area contributed by atoms with Gasteiger partial charge in [-0.1, -0.05) is 57.2 Å². The Balaban J connectivity index is 0.000000363. The molecular formula is C30H33F3N4O. The molecule has 0 fully saturated rings. The lowest BCUT2D eigenvalue weighted by Gasteiger charge is -2.11. The number of benzene rings is 3. The molecule has 0 aliphatic heterocycles. The zero-order valence-corrected chi connectivity index (χ0v) is 21.9. The van der Waals surface area contributed by atoms with Crippen LogP contribution in [0.2, 0.25) is 0 Å². The Labute approximate surface area is 222 Å². The van der Waals surface area contributed by atoms with Crippen LogP contribution in [0.1, 0.15) is 39.7 Å². The molecule has 0 spiro atoms. The average Bonchev–Trinajstić information content (AvgIpc) is 2.90. The van der Waals surface area contributed by atoms with Crippen molar-refractivity contribution >= 4 is 29.2 Å². The maximum atomic E-state index is 12.7. The first-order valence-electron chi connectivity index (χ1n) is 12.1. The van der Waals surface area contributed by atoms with Gasteiger partial charge in [-0.25, -0.2) is 0 Å². The van der Waals surface area contributed by atoms with Gasteiger partial charge in [-0.3, -0.25) is 4.79 Å². The lowest BCUT2D eigenvalue weighted by atomic mass is 10.1. The summed E-state index contributed by atoms with van der Waals surface area (Å²) in [6.07, 6.45) is -1.20. The highest BCUT2D eigenvalue weighted by Crippen LogP contribution is 2.28. The Morgan fingerprint density at radius 3 is 2.11 bits per heavy atom. The fourth-order valence-corrected chi connectivity index (χ4v) is 3.08. The van der Waals surface area contributed by atoms with Gasteiger partial charge in [0.05, 0.1) is 17.2 Å². The quantitative estimate of drug-likeness (QED) is 0.204. The molecule has 3 aromatic carbocycles. The van der Waals surface area contributed by atoms with Gasteiger partial charge in [0.1, 0.15) is 0 Å². The van der Waals surface area contributed by atoms with Gasteiger partial charge < -0.3 is 16.0 Å². The standard InChI is InChI=1S/C15H15F3N2.C13H12N2O.C2H6/c1-3-5-13(15(16,17)18)8-11(2)20-14-7-4-6-12(9-14)10-19;16-10-14-12-7-4-8-13(9-12)15-11-5-2-1-3-6-11;1-2/h4-9,20H,3H2,1-2H3;1-10,15H,(H,14,16);1-2H3/b11-8-,13-5-;;. The highest BCUT2D eigenvalue weighted by molar-refractivity contribution is 5.74. The molecule has 0 bridgehead atoms. The third kappa shape index (κ3) is 12.0. The summed E-state index contributed by atoms with van der Waals surface area (Å²) >= 11 is 0. The van der Waals surface area contributed by atoms with Gasteiger partial charge in [-0.2, -0.15) is 18.4 Å². The van der Waals surface area contributed by atoms with E-state index in [-0.39, 0.29) is 0 Å². The Bertz CT molecular complexity index is 1230. The van der Waals surface area contributed by atoms with E-state index in [0.29, 0.717) is 29.8 Å². The molecule has 1 amide bonds. The molecule has 0 aromatic heterocycles. The minimum absolute atomic E-state index is 0.308. The van der Waals surface area contributed by atoms with Crippen LogP contribution < -0.4 is 16.0 Å². The number of alkyl halides is 3. The van der Waals surface area contributed by atoms with Crippen molar-refractivity contribution in [2.24, 2.45) is 0 Å². The second kappa shape index (κ2) is 17.0. The first-order chi connectivity index (χ1) is 18.2. The third-order valence-electron chi connectivity index (χ3n) is 4.61. The van der Waals surface area contributed by atoms with Crippen LogP contribution in [0, 0.1) is 11.3 Å². The van der Waals surface area contributed by atoms with Crippen molar-refractivity contribution in [1.29, 1.82) is 5.26 Å². The van der Waals surface area contributed by atoms with Crippen LogP contribution in [0.5, 0.6) is 0 Å². The van der Waals surface area contributed by atoms with Crippen molar-refractivity contribution in [3.05, 3.63) is 108 Å². The summed E-state index contributed by atoms with van der Waals surface area (Å²) in [5.74, 6) is 0. The highest BCUT2D eigenvalue weighted by atomic mass is 19.4. The van der Waals surface area contributed by atoms with Gasteiger partial charge in [0.2, 0.25) is 6.41 Å². The first-order valence-corrected chi connectivity index (χ1v) is 12.1. The summed E-state index contributed by atoms with van der Waals surface area (Å²) in [7, 11) is 0. The number of carbonyl (C=O) groups excluding carboxylic acids is 1. The molecule has 38 heavy (non-hydrogen) atoms. The van der Waals surface area contributed by atoms with E-state index in [9.17, 15) is 18.0 Å². The van der Waals surface area contributed by atoms with Crippen molar-refractivity contribution < 1.29 is 18.0 Å². The second-order valence-corrected chi connectivity index (χ2v) is 7.54. The summed E-state index contributed by atoms with van der Waals surface area (Å²) in [4.78, 5) is 10.3. The van der Waals surface area contributed by atoms with Crippen LogP contribution in [0.4, 0.5) is 35.9 Å². The van der Waals surface area contributed by atoms with E-state index < -0.39 is 11.7 Å². The van der Waals surface area contributed by atoms with Crippen LogP contribution in [-0.2, 0) is 4.79 Å². The van der Waals surface area contributed by atoms with Crippen molar-refractivity contribution in [2.45, 2.75) is 40.3 Å². The number of halogens is 3. The number of nitrogens with zero attached hydrogens (tertiary/aromatic N) is 1. The Morgan fingerprint density at radius 2 is 1.50 bits per heavy atom. The number of rotatable bonds is 8. The predicted molar refractivity (Wildman–Crippen MR) is 150 cm³/mol.